The first-order chi connectivity index (χ1) is 12.7. The maximum absolute atomic E-state index is 4.85. The fourth-order valence-electron chi connectivity index (χ4n) is 5.92. The second kappa shape index (κ2) is 6.63. The van der Waals surface area contributed by atoms with Gasteiger partial charge in [-0.05, 0) is 88.4 Å². The van der Waals surface area contributed by atoms with Gasteiger partial charge >= 0.3 is 0 Å². The monoisotopic (exact) mass is 352 g/mol. The highest BCUT2D eigenvalue weighted by atomic mass is 15.2. The number of hydrogen-bond acceptors (Lipinski definition) is 3. The molecule has 0 N–H and O–H groups in total. The number of likely N-dealkylation sites (N-methyl/N-ethyl adjacent to an activating group) is 1. The Morgan fingerprint density at radius 3 is 2.65 bits per heavy atom. The molecule has 0 amide bonds. The standard InChI is InChI=1S/C22H32N4/c1-3-19-20-10-12-26(18-5-4-11-25(2)14-18)22(20)24-23-21(19)17-9-7-15-6-8-16(15)13-17/h10,12,15-18H,3-9,11,13-14H2,1-2H3/t15?,16?,17?,18-/m1/s1. The number of fused-ring (bicyclic) bond motifs is 2. The van der Waals surface area contributed by atoms with Crippen molar-refractivity contribution in [3.8, 4) is 0 Å². The number of nitrogens with zero attached hydrogens (tertiary/aromatic N) is 4. The Kier molecular flexibility index (Phi) is 4.27. The predicted molar refractivity (Wildman–Crippen MR) is 105 cm³/mol. The van der Waals surface area contributed by atoms with Crippen LogP contribution in [-0.2, 0) is 6.42 Å². The van der Waals surface area contributed by atoms with Gasteiger partial charge < -0.3 is 9.47 Å². The molecule has 0 bridgehead atoms. The number of likely N-dealkylation sites (tertiary alicyclic amines) is 1. The molecule has 0 radical (unpaired) electrons. The molecule has 140 valence electrons. The van der Waals surface area contributed by atoms with Crippen molar-refractivity contribution in [2.45, 2.75) is 70.3 Å². The molecule has 2 aliphatic carbocycles. The highest BCUT2D eigenvalue weighted by Gasteiger charge is 2.38. The van der Waals surface area contributed by atoms with Crippen molar-refractivity contribution in [1.29, 1.82) is 0 Å². The van der Waals surface area contributed by atoms with Crippen LogP contribution in [0.25, 0.3) is 11.0 Å². The maximum Gasteiger partial charge on any atom is 0.163 e. The van der Waals surface area contributed by atoms with Gasteiger partial charge in [0.2, 0.25) is 0 Å². The van der Waals surface area contributed by atoms with E-state index in [-0.39, 0.29) is 0 Å². The Labute approximate surface area is 157 Å². The highest BCUT2D eigenvalue weighted by Crippen LogP contribution is 2.50. The molecule has 3 unspecified atom stereocenters. The first-order valence-electron chi connectivity index (χ1n) is 10.8. The minimum Gasteiger partial charge on any atom is -0.327 e. The van der Waals surface area contributed by atoms with Gasteiger partial charge in [-0.1, -0.05) is 6.92 Å². The van der Waals surface area contributed by atoms with Crippen molar-refractivity contribution in [2.24, 2.45) is 11.8 Å². The molecule has 2 saturated carbocycles. The summed E-state index contributed by atoms with van der Waals surface area (Å²) in [7, 11) is 2.23. The van der Waals surface area contributed by atoms with Crippen LogP contribution in [0.3, 0.4) is 0 Å². The van der Waals surface area contributed by atoms with Crippen molar-refractivity contribution in [2.75, 3.05) is 20.1 Å². The second-order valence-electron chi connectivity index (χ2n) is 9.04. The van der Waals surface area contributed by atoms with Crippen LogP contribution in [-0.4, -0.2) is 39.8 Å². The van der Waals surface area contributed by atoms with Crippen LogP contribution >= 0.6 is 0 Å². The van der Waals surface area contributed by atoms with Crippen LogP contribution < -0.4 is 0 Å². The minimum absolute atomic E-state index is 0.543. The summed E-state index contributed by atoms with van der Waals surface area (Å²) in [4.78, 5) is 2.44. The maximum atomic E-state index is 4.85. The van der Waals surface area contributed by atoms with Crippen LogP contribution in [0.5, 0.6) is 0 Å². The molecule has 0 spiro atoms. The molecule has 3 aliphatic rings. The summed E-state index contributed by atoms with van der Waals surface area (Å²) in [6, 6.07) is 2.86. The van der Waals surface area contributed by atoms with Gasteiger partial charge in [-0.3, -0.25) is 0 Å². The van der Waals surface area contributed by atoms with E-state index in [9.17, 15) is 0 Å². The third-order valence-corrected chi connectivity index (χ3v) is 7.56. The normalized spacial score (nSPS) is 32.4. The number of aromatic nitrogens is 3. The second-order valence-corrected chi connectivity index (χ2v) is 9.04. The van der Waals surface area contributed by atoms with Gasteiger partial charge in [0.15, 0.2) is 5.65 Å². The fraction of sp³-hybridized carbons (Fsp3) is 0.727. The molecule has 4 heteroatoms. The average Bonchev–Trinajstić information content (AvgIpc) is 3.06. The van der Waals surface area contributed by atoms with Gasteiger partial charge in [0.05, 0.1) is 5.69 Å². The van der Waals surface area contributed by atoms with Gasteiger partial charge in [0, 0.05) is 30.1 Å². The number of hydrogen-bond donors (Lipinski definition) is 0. The number of rotatable bonds is 3. The predicted octanol–water partition coefficient (Wildman–Crippen LogP) is 4.55. The molecule has 4 nitrogen and oxygen atoms in total. The van der Waals surface area contributed by atoms with Crippen molar-refractivity contribution in [3.63, 3.8) is 0 Å². The molecule has 2 aromatic heterocycles. The van der Waals surface area contributed by atoms with Gasteiger partial charge in [0.1, 0.15) is 0 Å². The molecule has 26 heavy (non-hydrogen) atoms. The van der Waals surface area contributed by atoms with Crippen LogP contribution in [0.2, 0.25) is 0 Å². The molecule has 5 rings (SSSR count). The summed E-state index contributed by atoms with van der Waals surface area (Å²) >= 11 is 0. The zero-order valence-corrected chi connectivity index (χ0v) is 16.3. The third-order valence-electron chi connectivity index (χ3n) is 7.56. The first kappa shape index (κ1) is 16.7. The van der Waals surface area contributed by atoms with E-state index in [4.69, 9.17) is 10.2 Å². The lowest BCUT2D eigenvalue weighted by Crippen LogP contribution is -2.33. The summed E-state index contributed by atoms with van der Waals surface area (Å²) in [6.07, 6.45) is 12.9. The summed E-state index contributed by atoms with van der Waals surface area (Å²) in [6.45, 7) is 4.64. The lowest BCUT2D eigenvalue weighted by atomic mass is 9.62. The average molecular weight is 353 g/mol. The van der Waals surface area contributed by atoms with E-state index in [0.29, 0.717) is 12.0 Å². The smallest absolute Gasteiger partial charge is 0.163 e. The van der Waals surface area contributed by atoms with Crippen LogP contribution in [0.1, 0.15) is 75.1 Å². The molecule has 1 saturated heterocycles. The van der Waals surface area contributed by atoms with E-state index in [1.54, 1.807) is 0 Å². The van der Waals surface area contributed by atoms with E-state index in [1.807, 2.05) is 0 Å². The molecule has 0 aromatic carbocycles. The summed E-state index contributed by atoms with van der Waals surface area (Å²) < 4.78 is 2.41. The summed E-state index contributed by atoms with van der Waals surface area (Å²) in [5.74, 6) is 2.64. The Morgan fingerprint density at radius 1 is 1.08 bits per heavy atom. The highest BCUT2D eigenvalue weighted by molar-refractivity contribution is 5.80. The summed E-state index contributed by atoms with van der Waals surface area (Å²) in [5, 5.41) is 11.0. The Bertz CT molecular complexity index is 795. The quantitative estimate of drug-likeness (QED) is 0.812. The summed E-state index contributed by atoms with van der Waals surface area (Å²) in [5.41, 5.74) is 3.91. The first-order valence-corrected chi connectivity index (χ1v) is 10.8. The number of piperidine rings is 1. The molecule has 1 aliphatic heterocycles. The van der Waals surface area contributed by atoms with Crippen molar-refractivity contribution < 1.29 is 0 Å². The van der Waals surface area contributed by atoms with Gasteiger partial charge in [-0.25, -0.2) is 0 Å². The van der Waals surface area contributed by atoms with Gasteiger partial charge in [0.25, 0.3) is 0 Å². The van der Waals surface area contributed by atoms with Gasteiger partial charge in [-0.15, -0.1) is 5.10 Å². The van der Waals surface area contributed by atoms with E-state index in [2.05, 4.69) is 35.7 Å². The van der Waals surface area contributed by atoms with Crippen molar-refractivity contribution in [3.05, 3.63) is 23.5 Å². The Balaban J connectivity index is 1.49. The Morgan fingerprint density at radius 2 is 1.92 bits per heavy atom. The molecular formula is C22H32N4. The zero-order chi connectivity index (χ0) is 17.7. The van der Waals surface area contributed by atoms with Crippen LogP contribution in [0.4, 0.5) is 0 Å². The van der Waals surface area contributed by atoms with Crippen molar-refractivity contribution in [1.82, 2.24) is 19.7 Å². The van der Waals surface area contributed by atoms with Crippen LogP contribution in [0.15, 0.2) is 12.3 Å². The zero-order valence-electron chi connectivity index (χ0n) is 16.3. The molecule has 3 heterocycles. The third kappa shape index (κ3) is 2.69. The van der Waals surface area contributed by atoms with Gasteiger partial charge in [-0.2, -0.15) is 5.10 Å². The lowest BCUT2D eigenvalue weighted by molar-refractivity contribution is 0.100. The molecule has 3 fully saturated rings. The molecule has 2 aromatic rings. The van der Waals surface area contributed by atoms with E-state index in [1.165, 1.54) is 68.1 Å². The van der Waals surface area contributed by atoms with E-state index >= 15 is 0 Å². The Hall–Kier alpha value is -1.42. The topological polar surface area (TPSA) is 34.0 Å². The SMILES string of the molecule is CCc1c(C2CCC3CCC3C2)nnc2c1ccn2[C@@H]1CCCN(C)C1. The fourth-order valence-corrected chi connectivity index (χ4v) is 5.92. The van der Waals surface area contributed by atoms with Crippen molar-refractivity contribution >= 4 is 11.0 Å². The number of aryl methyl sites for hydroxylation is 1. The van der Waals surface area contributed by atoms with E-state index in [0.717, 1.165) is 30.4 Å². The van der Waals surface area contributed by atoms with Crippen LogP contribution in [0, 0.1) is 11.8 Å². The van der Waals surface area contributed by atoms with E-state index < -0.39 is 0 Å². The minimum atomic E-state index is 0.543. The molecular weight excluding hydrogens is 320 g/mol. The molecule has 4 atom stereocenters. The lowest BCUT2D eigenvalue weighted by Gasteiger charge is -2.43. The largest absolute Gasteiger partial charge is 0.327 e.